The van der Waals surface area contributed by atoms with Gasteiger partial charge in [-0.05, 0) is 43.2 Å². The summed E-state index contributed by atoms with van der Waals surface area (Å²) in [5.41, 5.74) is 3.13. The highest BCUT2D eigenvalue weighted by molar-refractivity contribution is 14.0. The average Bonchev–Trinajstić information content (AvgIpc) is 3.40. The number of hydrogen-bond donors (Lipinski definition) is 2. The first kappa shape index (κ1) is 23.0. The third kappa shape index (κ3) is 5.52. The summed E-state index contributed by atoms with van der Waals surface area (Å²) in [5, 5.41) is 11.3. The fourth-order valence-corrected chi connectivity index (χ4v) is 3.68. The van der Waals surface area contributed by atoms with E-state index in [0.29, 0.717) is 18.9 Å². The zero-order valence-corrected chi connectivity index (χ0v) is 20.0. The Bertz CT molecular complexity index is 1040. The molecule has 4 rings (SSSR count). The van der Waals surface area contributed by atoms with Crippen LogP contribution in [-0.4, -0.2) is 46.9 Å². The van der Waals surface area contributed by atoms with Crippen molar-refractivity contribution in [3.63, 3.8) is 0 Å². The van der Waals surface area contributed by atoms with Crippen molar-refractivity contribution in [3.05, 3.63) is 71.9 Å². The van der Waals surface area contributed by atoms with E-state index in [4.69, 9.17) is 0 Å². The lowest BCUT2D eigenvalue weighted by atomic mass is 10.2. The Morgan fingerprint density at radius 2 is 2.06 bits per heavy atom. The Morgan fingerprint density at radius 1 is 1.23 bits per heavy atom. The van der Waals surface area contributed by atoms with Crippen molar-refractivity contribution in [2.45, 2.75) is 25.9 Å². The second kappa shape index (κ2) is 10.6. The quantitative estimate of drug-likeness (QED) is 0.298. The molecule has 0 amide bonds. The number of aliphatic imine (C=N–C) groups is 1. The third-order valence-corrected chi connectivity index (χ3v) is 5.20. The number of anilines is 1. The zero-order chi connectivity index (χ0) is 20.9. The number of aryl methyl sites for hydroxylation is 1. The maximum absolute atomic E-state index is 14.0. The lowest BCUT2D eigenvalue weighted by Crippen LogP contribution is -2.44. The fraction of sp³-hybridized carbons (Fsp3) is 0.318. The van der Waals surface area contributed by atoms with Crippen LogP contribution in [0.2, 0.25) is 0 Å². The summed E-state index contributed by atoms with van der Waals surface area (Å²) in [6, 6.07) is 13.4. The third-order valence-electron chi connectivity index (χ3n) is 5.20. The predicted molar refractivity (Wildman–Crippen MR) is 132 cm³/mol. The van der Waals surface area contributed by atoms with Gasteiger partial charge in [-0.25, -0.2) is 14.1 Å². The van der Waals surface area contributed by atoms with Gasteiger partial charge >= 0.3 is 0 Å². The highest BCUT2D eigenvalue weighted by Crippen LogP contribution is 2.21. The van der Waals surface area contributed by atoms with E-state index in [0.717, 1.165) is 35.9 Å². The van der Waals surface area contributed by atoms with E-state index in [9.17, 15) is 4.39 Å². The molecular formula is C22H27FIN7. The van der Waals surface area contributed by atoms with Crippen LogP contribution in [0, 0.1) is 12.7 Å². The van der Waals surface area contributed by atoms with Crippen LogP contribution in [0.1, 0.15) is 17.7 Å². The van der Waals surface area contributed by atoms with E-state index in [-0.39, 0.29) is 35.8 Å². The smallest absolute Gasteiger partial charge is 0.191 e. The molecule has 2 aromatic heterocycles. The molecule has 31 heavy (non-hydrogen) atoms. The molecule has 1 aliphatic rings. The lowest BCUT2D eigenvalue weighted by molar-refractivity contribution is 0.612. The highest BCUT2D eigenvalue weighted by Gasteiger charge is 2.26. The Balaban J connectivity index is 0.00000272. The van der Waals surface area contributed by atoms with Crippen molar-refractivity contribution in [3.8, 4) is 5.69 Å². The Hall–Kier alpha value is -2.69. The summed E-state index contributed by atoms with van der Waals surface area (Å²) in [6.45, 7) is 4.02. The molecule has 9 heteroatoms. The van der Waals surface area contributed by atoms with E-state index in [1.807, 2.05) is 40.9 Å². The van der Waals surface area contributed by atoms with Crippen LogP contribution >= 0.6 is 24.0 Å². The van der Waals surface area contributed by atoms with Crippen molar-refractivity contribution < 1.29 is 4.39 Å². The molecular weight excluding hydrogens is 508 g/mol. The number of hydrogen-bond acceptors (Lipinski definition) is 4. The summed E-state index contributed by atoms with van der Waals surface area (Å²) in [4.78, 5) is 10.5. The molecule has 0 spiro atoms. The van der Waals surface area contributed by atoms with Gasteiger partial charge in [-0.3, -0.25) is 4.99 Å². The summed E-state index contributed by atoms with van der Waals surface area (Å²) >= 11 is 0. The number of aromatic nitrogens is 3. The second-order valence-corrected chi connectivity index (χ2v) is 7.34. The molecule has 1 atom stereocenters. The van der Waals surface area contributed by atoms with Crippen LogP contribution in [0.25, 0.3) is 5.69 Å². The molecule has 0 bridgehead atoms. The van der Waals surface area contributed by atoms with Gasteiger partial charge in [0.1, 0.15) is 0 Å². The van der Waals surface area contributed by atoms with Crippen LogP contribution in [0.4, 0.5) is 10.2 Å². The van der Waals surface area contributed by atoms with Gasteiger partial charge in [0.05, 0.1) is 11.4 Å². The highest BCUT2D eigenvalue weighted by atomic mass is 127. The fourth-order valence-electron chi connectivity index (χ4n) is 3.68. The zero-order valence-electron chi connectivity index (χ0n) is 17.6. The van der Waals surface area contributed by atoms with Gasteiger partial charge in [0.15, 0.2) is 17.6 Å². The first-order chi connectivity index (χ1) is 14.6. The standard InChI is InChI=1S/C22H26FN7.HI/c1-16-9-13-30(28-16)20-8-4-3-6-17(20)14-26-22(24-2)27-18-10-12-29(15-18)21-19(23)7-5-11-25-21;/h3-9,11,13,18H,10,12,14-15H2,1-2H3,(H2,24,26,27);1H. The molecule has 1 saturated heterocycles. The van der Waals surface area contributed by atoms with Crippen LogP contribution in [0.5, 0.6) is 0 Å². The Morgan fingerprint density at radius 3 is 2.81 bits per heavy atom. The largest absolute Gasteiger partial charge is 0.352 e. The number of guanidine groups is 1. The number of halogens is 2. The molecule has 0 saturated carbocycles. The van der Waals surface area contributed by atoms with Gasteiger partial charge in [0, 0.05) is 45.1 Å². The molecule has 1 aliphatic heterocycles. The number of benzene rings is 1. The van der Waals surface area contributed by atoms with Gasteiger partial charge in [-0.2, -0.15) is 5.10 Å². The first-order valence-corrected chi connectivity index (χ1v) is 10.1. The van der Waals surface area contributed by atoms with E-state index >= 15 is 0 Å². The Kier molecular flexibility index (Phi) is 7.83. The van der Waals surface area contributed by atoms with E-state index in [1.165, 1.54) is 6.07 Å². The van der Waals surface area contributed by atoms with Gasteiger partial charge in [-0.15, -0.1) is 24.0 Å². The number of para-hydroxylation sites is 1. The summed E-state index contributed by atoms with van der Waals surface area (Å²) in [6.07, 6.45) is 4.48. The van der Waals surface area contributed by atoms with Crippen LogP contribution in [-0.2, 0) is 6.54 Å². The van der Waals surface area contributed by atoms with Gasteiger partial charge in [0.25, 0.3) is 0 Å². The summed E-state index contributed by atoms with van der Waals surface area (Å²) in [7, 11) is 1.75. The van der Waals surface area contributed by atoms with Crippen LogP contribution < -0.4 is 15.5 Å². The van der Waals surface area contributed by atoms with E-state index in [2.05, 4.69) is 37.8 Å². The minimum atomic E-state index is -0.286. The molecule has 0 aliphatic carbocycles. The molecule has 3 heterocycles. The van der Waals surface area contributed by atoms with Gasteiger partial charge in [0.2, 0.25) is 0 Å². The minimum absolute atomic E-state index is 0. The number of pyridine rings is 1. The van der Waals surface area contributed by atoms with Crippen molar-refractivity contribution >= 4 is 35.8 Å². The molecule has 1 unspecified atom stereocenters. The van der Waals surface area contributed by atoms with Crippen molar-refractivity contribution in [1.29, 1.82) is 0 Å². The Labute approximate surface area is 198 Å². The minimum Gasteiger partial charge on any atom is -0.352 e. The molecule has 164 valence electrons. The normalized spacial score (nSPS) is 16.2. The molecule has 1 aromatic carbocycles. The maximum Gasteiger partial charge on any atom is 0.191 e. The van der Waals surface area contributed by atoms with Crippen LogP contribution in [0.3, 0.4) is 0 Å². The van der Waals surface area contributed by atoms with Crippen LogP contribution in [0.15, 0.2) is 59.9 Å². The maximum atomic E-state index is 14.0. The topological polar surface area (TPSA) is 70.4 Å². The van der Waals surface area contributed by atoms with E-state index < -0.39 is 0 Å². The molecule has 2 N–H and O–H groups in total. The number of rotatable bonds is 5. The van der Waals surface area contributed by atoms with Gasteiger partial charge < -0.3 is 15.5 Å². The van der Waals surface area contributed by atoms with Crippen molar-refractivity contribution in [1.82, 2.24) is 25.4 Å². The number of nitrogens with zero attached hydrogens (tertiary/aromatic N) is 5. The molecule has 3 aromatic rings. The first-order valence-electron chi connectivity index (χ1n) is 10.1. The van der Waals surface area contributed by atoms with Crippen molar-refractivity contribution in [2.24, 2.45) is 4.99 Å². The monoisotopic (exact) mass is 535 g/mol. The molecule has 7 nitrogen and oxygen atoms in total. The summed E-state index contributed by atoms with van der Waals surface area (Å²) in [5.74, 6) is 0.842. The second-order valence-electron chi connectivity index (χ2n) is 7.34. The summed E-state index contributed by atoms with van der Waals surface area (Å²) < 4.78 is 15.9. The van der Waals surface area contributed by atoms with E-state index in [1.54, 1.807) is 19.3 Å². The van der Waals surface area contributed by atoms with Gasteiger partial charge in [-0.1, -0.05) is 18.2 Å². The van der Waals surface area contributed by atoms with Crippen molar-refractivity contribution in [2.75, 3.05) is 25.0 Å². The SMILES string of the molecule is CN=C(NCc1ccccc1-n1ccc(C)n1)NC1CCN(c2ncccc2F)C1.I. The lowest BCUT2D eigenvalue weighted by Gasteiger charge is -2.20. The molecule has 0 radical (unpaired) electrons. The average molecular weight is 535 g/mol. The number of nitrogens with one attached hydrogen (secondary N) is 2. The molecule has 1 fully saturated rings. The predicted octanol–water partition coefficient (Wildman–Crippen LogP) is 3.28.